The van der Waals surface area contributed by atoms with Crippen molar-refractivity contribution >= 4 is 29.4 Å². The molecule has 254 valence electrons. The molecule has 2 aliphatic rings. The molecule has 1 aromatic carbocycles. The van der Waals surface area contributed by atoms with Gasteiger partial charge >= 0.3 is 6.09 Å². The minimum atomic E-state index is -0.537. The summed E-state index contributed by atoms with van der Waals surface area (Å²) in [6.07, 6.45) is 2.31. The highest BCUT2D eigenvalue weighted by atomic mass is 35.5. The lowest BCUT2D eigenvalue weighted by Gasteiger charge is -2.53. The lowest BCUT2D eigenvalue weighted by molar-refractivity contribution is -0.0351. The van der Waals surface area contributed by atoms with Gasteiger partial charge in [0.25, 0.3) is 11.8 Å². The van der Waals surface area contributed by atoms with E-state index in [1.807, 2.05) is 41.5 Å². The molecule has 1 atom stereocenters. The molecule has 11 nitrogen and oxygen atoms in total. The average Bonchev–Trinajstić information content (AvgIpc) is 3.39. The van der Waals surface area contributed by atoms with Gasteiger partial charge in [-0.15, -0.1) is 10.2 Å². The molecule has 0 unspecified atom stereocenters. The number of hydrogen-bond donors (Lipinski definition) is 1. The summed E-state index contributed by atoms with van der Waals surface area (Å²) < 4.78 is 25.9. The minimum absolute atomic E-state index is 0.0100. The van der Waals surface area contributed by atoms with Crippen molar-refractivity contribution in [3.05, 3.63) is 34.9 Å². The van der Waals surface area contributed by atoms with Gasteiger partial charge in [-0.05, 0) is 96.5 Å². The number of amides is 2. The maximum Gasteiger partial charge on any atom is 0.407 e. The van der Waals surface area contributed by atoms with E-state index in [4.69, 9.17) is 21.1 Å². The van der Waals surface area contributed by atoms with Crippen LogP contribution in [0.3, 0.4) is 0 Å². The first-order chi connectivity index (χ1) is 21.6. The highest BCUT2D eigenvalue weighted by Gasteiger charge is 2.50. The molecular formula is C33H49ClFN7O4. The smallest absolute Gasteiger partial charge is 0.407 e. The fraction of sp³-hybridized carbons (Fsp3) is 0.667. The molecule has 2 saturated heterocycles. The van der Waals surface area contributed by atoms with Crippen LogP contribution in [0.5, 0.6) is 11.6 Å². The van der Waals surface area contributed by atoms with Crippen LogP contribution < -0.4 is 15.0 Å². The second kappa shape index (κ2) is 14.7. The van der Waals surface area contributed by atoms with Crippen LogP contribution in [-0.2, 0) is 4.74 Å². The van der Waals surface area contributed by atoms with E-state index in [0.717, 1.165) is 45.4 Å². The van der Waals surface area contributed by atoms with Gasteiger partial charge in [0, 0.05) is 55.8 Å². The molecule has 0 saturated carbocycles. The molecule has 1 aromatic heterocycles. The molecular weight excluding hydrogens is 613 g/mol. The summed E-state index contributed by atoms with van der Waals surface area (Å²) in [5.74, 6) is 0.313. The summed E-state index contributed by atoms with van der Waals surface area (Å²) in [5, 5.41) is 10.9. The van der Waals surface area contributed by atoms with E-state index in [-0.39, 0.29) is 51.5 Å². The predicted octanol–water partition coefficient (Wildman–Crippen LogP) is 6.17. The Kier molecular flexibility index (Phi) is 11.4. The molecule has 1 N–H and O–H groups in total. The fourth-order valence-electron chi connectivity index (χ4n) is 6.48. The Labute approximate surface area is 277 Å². The number of nitrogens with zero attached hydrogens (tertiary/aromatic N) is 6. The van der Waals surface area contributed by atoms with Crippen LogP contribution in [0.15, 0.2) is 18.2 Å². The minimum Gasteiger partial charge on any atom is -0.450 e. The lowest BCUT2D eigenvalue weighted by Crippen LogP contribution is -2.62. The first kappa shape index (κ1) is 35.6. The second-order valence-corrected chi connectivity index (χ2v) is 14.5. The standard InChI is InChI=1S/C33H49ClFN7O4/c1-9-42(22(4)5)29(43)24-17-23(35)12-13-26(24)46-28-27(36-30(34)39-38-28)40-15-14-33(18-40)19-41(20-33)25(21(2)3)11-10-16-45-31(44)37-32(6,7)8/h12-13,17,21-22,25H,9-11,14-16,18-20H2,1-8H3,(H,37,44)/t25-/m0/s1. The predicted molar refractivity (Wildman–Crippen MR) is 176 cm³/mol. The van der Waals surface area contributed by atoms with E-state index < -0.39 is 5.82 Å². The van der Waals surface area contributed by atoms with Gasteiger partial charge in [0.05, 0.1) is 12.2 Å². The van der Waals surface area contributed by atoms with Crippen molar-refractivity contribution in [1.82, 2.24) is 30.3 Å². The molecule has 4 rings (SSSR count). The Morgan fingerprint density at radius 1 is 1.15 bits per heavy atom. The Hall–Kier alpha value is -3.25. The van der Waals surface area contributed by atoms with Gasteiger partial charge in [-0.25, -0.2) is 9.18 Å². The monoisotopic (exact) mass is 661 g/mol. The summed E-state index contributed by atoms with van der Waals surface area (Å²) >= 11 is 6.21. The van der Waals surface area contributed by atoms with E-state index in [0.29, 0.717) is 30.9 Å². The molecule has 3 heterocycles. The number of anilines is 1. The molecule has 0 radical (unpaired) electrons. The number of ether oxygens (including phenoxy) is 2. The van der Waals surface area contributed by atoms with Crippen LogP contribution in [-0.4, -0.2) is 93.9 Å². The Balaban J connectivity index is 1.42. The van der Waals surface area contributed by atoms with Crippen LogP contribution in [0.4, 0.5) is 15.0 Å². The first-order valence-electron chi connectivity index (χ1n) is 16.2. The summed E-state index contributed by atoms with van der Waals surface area (Å²) in [6.45, 7) is 20.1. The second-order valence-electron chi connectivity index (χ2n) is 14.2. The lowest BCUT2D eigenvalue weighted by atomic mass is 9.76. The zero-order chi connectivity index (χ0) is 33.8. The van der Waals surface area contributed by atoms with Gasteiger partial charge in [-0.3, -0.25) is 9.69 Å². The molecule has 2 aliphatic heterocycles. The Bertz CT molecular complexity index is 1380. The van der Waals surface area contributed by atoms with Crippen molar-refractivity contribution in [2.24, 2.45) is 11.3 Å². The first-order valence-corrected chi connectivity index (χ1v) is 16.6. The van der Waals surface area contributed by atoms with Gasteiger partial charge in [0.1, 0.15) is 11.6 Å². The largest absolute Gasteiger partial charge is 0.450 e. The molecule has 0 aliphatic carbocycles. The topological polar surface area (TPSA) is 113 Å². The number of benzene rings is 1. The van der Waals surface area contributed by atoms with Crippen LogP contribution in [0.25, 0.3) is 0 Å². The quantitative estimate of drug-likeness (QED) is 0.267. The molecule has 2 amide bonds. The molecule has 13 heteroatoms. The normalized spacial score (nSPS) is 16.9. The molecule has 2 fully saturated rings. The third-order valence-corrected chi connectivity index (χ3v) is 8.78. The third-order valence-electron chi connectivity index (χ3n) is 8.62. The number of nitrogens with one attached hydrogen (secondary N) is 1. The van der Waals surface area contributed by atoms with Crippen molar-refractivity contribution in [3.63, 3.8) is 0 Å². The van der Waals surface area contributed by atoms with Crippen molar-refractivity contribution in [2.75, 3.05) is 44.2 Å². The van der Waals surface area contributed by atoms with Gasteiger partial charge in [-0.1, -0.05) is 13.8 Å². The molecule has 1 spiro atoms. The highest BCUT2D eigenvalue weighted by molar-refractivity contribution is 6.28. The maximum absolute atomic E-state index is 14.3. The van der Waals surface area contributed by atoms with Crippen LogP contribution in [0, 0.1) is 17.2 Å². The summed E-state index contributed by atoms with van der Waals surface area (Å²) in [5.41, 5.74) is -0.141. The average molecular weight is 662 g/mol. The summed E-state index contributed by atoms with van der Waals surface area (Å²) in [7, 11) is 0. The van der Waals surface area contributed by atoms with Gasteiger partial charge < -0.3 is 24.6 Å². The summed E-state index contributed by atoms with van der Waals surface area (Å²) in [6, 6.07) is 4.17. The number of halogens is 2. The number of likely N-dealkylation sites (tertiary alicyclic amines) is 1. The summed E-state index contributed by atoms with van der Waals surface area (Å²) in [4.78, 5) is 36.1. The number of hydrogen-bond acceptors (Lipinski definition) is 9. The number of carbonyl (C=O) groups excluding carboxylic acids is 2. The van der Waals surface area contributed by atoms with Gasteiger partial charge in [0.15, 0.2) is 5.82 Å². The van der Waals surface area contributed by atoms with Crippen LogP contribution in [0.2, 0.25) is 5.28 Å². The van der Waals surface area contributed by atoms with Gasteiger partial charge in [-0.2, -0.15) is 4.98 Å². The van der Waals surface area contributed by atoms with Crippen molar-refractivity contribution in [2.45, 2.75) is 92.3 Å². The SMILES string of the molecule is CCN(C(=O)c1cc(F)ccc1Oc1nnc(Cl)nc1N1CCC2(C1)CN([C@@H](CCCOC(=O)NC(C)(C)C)C(C)C)C2)C(C)C. The number of rotatable bonds is 12. The van der Waals surface area contributed by atoms with E-state index in [9.17, 15) is 14.0 Å². The zero-order valence-electron chi connectivity index (χ0n) is 28.4. The number of carbonyl (C=O) groups is 2. The van der Waals surface area contributed by atoms with Crippen LogP contribution >= 0.6 is 11.6 Å². The van der Waals surface area contributed by atoms with E-state index in [1.54, 1.807) is 4.90 Å². The molecule has 0 bridgehead atoms. The third kappa shape index (κ3) is 8.76. The fourth-order valence-corrected chi connectivity index (χ4v) is 6.60. The van der Waals surface area contributed by atoms with Crippen LogP contribution in [0.1, 0.15) is 85.0 Å². The molecule has 2 aromatic rings. The number of aromatic nitrogens is 3. The van der Waals surface area contributed by atoms with Crippen molar-refractivity contribution in [1.29, 1.82) is 0 Å². The van der Waals surface area contributed by atoms with Crippen molar-refractivity contribution in [3.8, 4) is 11.6 Å². The maximum atomic E-state index is 14.3. The number of alkyl carbamates (subject to hydrolysis) is 1. The molecule has 46 heavy (non-hydrogen) atoms. The van der Waals surface area contributed by atoms with Gasteiger partial charge in [0.2, 0.25) is 5.28 Å². The van der Waals surface area contributed by atoms with E-state index in [2.05, 4.69) is 44.1 Å². The zero-order valence-corrected chi connectivity index (χ0v) is 29.2. The Morgan fingerprint density at radius 3 is 2.50 bits per heavy atom. The highest BCUT2D eigenvalue weighted by Crippen LogP contribution is 2.45. The van der Waals surface area contributed by atoms with Crippen molar-refractivity contribution < 1.29 is 23.5 Å². The van der Waals surface area contributed by atoms with E-state index >= 15 is 0 Å². The van der Waals surface area contributed by atoms with E-state index in [1.165, 1.54) is 18.2 Å². The Morgan fingerprint density at radius 2 is 1.87 bits per heavy atom.